The predicted molar refractivity (Wildman–Crippen MR) is 100 cm³/mol. The Morgan fingerprint density at radius 3 is 2.78 bits per heavy atom. The van der Waals surface area contributed by atoms with E-state index in [2.05, 4.69) is 15.4 Å². The number of nitrogens with one attached hydrogen (secondary N) is 1. The van der Waals surface area contributed by atoms with Crippen molar-refractivity contribution in [3.05, 3.63) is 72.8 Å². The number of rotatable bonds is 4. The third kappa shape index (κ3) is 3.57. The zero-order valence-corrected chi connectivity index (χ0v) is 14.7. The number of hydrogen-bond donors (Lipinski definition) is 1. The van der Waals surface area contributed by atoms with Crippen LogP contribution in [0.3, 0.4) is 0 Å². The van der Waals surface area contributed by atoms with Crippen LogP contribution in [0.2, 0.25) is 0 Å². The third-order valence-electron chi connectivity index (χ3n) is 4.58. The van der Waals surface area contributed by atoms with Crippen molar-refractivity contribution < 1.29 is 9.59 Å². The standard InChI is InChI=1S/C20H19N5O2/c26-19(23-15-6-3-7-16(14-15)25-13-5-11-22-25)18-9-4-12-24(18)20(27)17-8-1-2-10-21-17/h1-3,5-8,10-11,13-14,18H,4,9,12H2,(H,23,26). The van der Waals surface area contributed by atoms with Gasteiger partial charge in [-0.2, -0.15) is 5.10 Å². The number of hydrogen-bond acceptors (Lipinski definition) is 4. The average molecular weight is 361 g/mol. The molecule has 1 saturated heterocycles. The molecule has 3 aromatic rings. The summed E-state index contributed by atoms with van der Waals surface area (Å²) in [4.78, 5) is 31.2. The molecule has 7 heteroatoms. The Morgan fingerprint density at radius 1 is 1.07 bits per heavy atom. The number of likely N-dealkylation sites (tertiary alicyclic amines) is 1. The summed E-state index contributed by atoms with van der Waals surface area (Å²) in [5.41, 5.74) is 1.88. The highest BCUT2D eigenvalue weighted by Gasteiger charge is 2.35. The highest BCUT2D eigenvalue weighted by molar-refractivity contribution is 6.00. The van der Waals surface area contributed by atoms with Crippen molar-refractivity contribution in [1.82, 2.24) is 19.7 Å². The van der Waals surface area contributed by atoms with Crippen LogP contribution in [0.25, 0.3) is 5.69 Å². The Hall–Kier alpha value is -3.48. The van der Waals surface area contributed by atoms with Crippen molar-refractivity contribution >= 4 is 17.5 Å². The molecule has 2 aromatic heterocycles. The lowest BCUT2D eigenvalue weighted by Crippen LogP contribution is -2.43. The van der Waals surface area contributed by atoms with Crippen LogP contribution in [0.4, 0.5) is 5.69 Å². The van der Waals surface area contributed by atoms with Crippen LogP contribution in [-0.2, 0) is 4.79 Å². The van der Waals surface area contributed by atoms with Crippen molar-refractivity contribution in [3.8, 4) is 5.69 Å². The number of carbonyl (C=O) groups excluding carboxylic acids is 2. The Bertz CT molecular complexity index is 940. The molecule has 1 N–H and O–H groups in total. The van der Waals surface area contributed by atoms with Gasteiger partial charge in [-0.05, 0) is 49.2 Å². The van der Waals surface area contributed by atoms with Gasteiger partial charge in [0.2, 0.25) is 5.91 Å². The van der Waals surface area contributed by atoms with E-state index in [1.165, 1.54) is 0 Å². The maximum atomic E-state index is 12.8. The van der Waals surface area contributed by atoms with Gasteiger partial charge in [-0.3, -0.25) is 14.6 Å². The number of nitrogens with zero attached hydrogens (tertiary/aromatic N) is 4. The average Bonchev–Trinajstić information content (AvgIpc) is 3.40. The van der Waals surface area contributed by atoms with Crippen LogP contribution >= 0.6 is 0 Å². The van der Waals surface area contributed by atoms with Crippen molar-refractivity contribution in [1.29, 1.82) is 0 Å². The predicted octanol–water partition coefficient (Wildman–Crippen LogP) is 2.51. The summed E-state index contributed by atoms with van der Waals surface area (Å²) >= 11 is 0. The van der Waals surface area contributed by atoms with Gasteiger partial charge in [-0.25, -0.2) is 4.68 Å². The molecule has 0 spiro atoms. The van der Waals surface area contributed by atoms with Gasteiger partial charge in [0.15, 0.2) is 0 Å². The zero-order valence-electron chi connectivity index (χ0n) is 14.7. The summed E-state index contributed by atoms with van der Waals surface area (Å²) in [6.45, 7) is 0.556. The highest BCUT2D eigenvalue weighted by atomic mass is 16.2. The molecule has 0 radical (unpaired) electrons. The first-order chi connectivity index (χ1) is 13.2. The quantitative estimate of drug-likeness (QED) is 0.774. The smallest absolute Gasteiger partial charge is 0.273 e. The van der Waals surface area contributed by atoms with E-state index in [-0.39, 0.29) is 11.8 Å². The highest BCUT2D eigenvalue weighted by Crippen LogP contribution is 2.22. The minimum absolute atomic E-state index is 0.186. The van der Waals surface area contributed by atoms with E-state index in [1.54, 1.807) is 40.2 Å². The number of carbonyl (C=O) groups is 2. The molecule has 1 unspecified atom stereocenters. The summed E-state index contributed by atoms with van der Waals surface area (Å²) in [6.07, 6.45) is 6.56. The van der Waals surface area contributed by atoms with Crippen LogP contribution in [0.1, 0.15) is 23.3 Å². The van der Waals surface area contributed by atoms with Gasteiger partial charge in [0.1, 0.15) is 11.7 Å². The minimum atomic E-state index is -0.493. The van der Waals surface area contributed by atoms with Gasteiger partial charge < -0.3 is 10.2 Å². The lowest BCUT2D eigenvalue weighted by Gasteiger charge is -2.23. The molecule has 1 atom stereocenters. The summed E-state index contributed by atoms with van der Waals surface area (Å²) in [6, 6.07) is 14.0. The molecule has 0 aliphatic carbocycles. The molecule has 27 heavy (non-hydrogen) atoms. The Balaban J connectivity index is 1.49. The van der Waals surface area contributed by atoms with E-state index in [0.717, 1.165) is 12.1 Å². The maximum absolute atomic E-state index is 12.8. The molecule has 2 amide bonds. The minimum Gasteiger partial charge on any atom is -0.325 e. The first-order valence-corrected chi connectivity index (χ1v) is 8.85. The molecule has 3 heterocycles. The fourth-order valence-electron chi connectivity index (χ4n) is 3.29. The lowest BCUT2D eigenvalue weighted by atomic mass is 10.2. The van der Waals surface area contributed by atoms with Crippen molar-refractivity contribution in [2.45, 2.75) is 18.9 Å². The van der Waals surface area contributed by atoms with Crippen LogP contribution in [0.15, 0.2) is 67.1 Å². The van der Waals surface area contributed by atoms with Gasteiger partial charge in [0.05, 0.1) is 5.69 Å². The number of pyridine rings is 1. The molecule has 4 rings (SSSR count). The topological polar surface area (TPSA) is 80.1 Å². The monoisotopic (exact) mass is 361 g/mol. The molecule has 0 bridgehead atoms. The number of aromatic nitrogens is 3. The van der Waals surface area contributed by atoms with E-state index in [4.69, 9.17) is 0 Å². The molecular weight excluding hydrogens is 342 g/mol. The Labute approximate surface area is 156 Å². The third-order valence-corrected chi connectivity index (χ3v) is 4.58. The molecule has 1 fully saturated rings. The number of benzene rings is 1. The summed E-state index contributed by atoms with van der Waals surface area (Å²) in [5, 5.41) is 7.13. The molecule has 0 saturated carbocycles. The summed E-state index contributed by atoms with van der Waals surface area (Å²) in [5.74, 6) is -0.395. The van der Waals surface area contributed by atoms with Crippen LogP contribution < -0.4 is 5.32 Å². The van der Waals surface area contributed by atoms with E-state index < -0.39 is 6.04 Å². The van der Waals surface area contributed by atoms with Gasteiger partial charge in [0.25, 0.3) is 5.91 Å². The normalized spacial score (nSPS) is 16.3. The van der Waals surface area contributed by atoms with Gasteiger partial charge in [0, 0.05) is 30.8 Å². The first-order valence-electron chi connectivity index (χ1n) is 8.85. The Morgan fingerprint density at radius 2 is 2.00 bits per heavy atom. The maximum Gasteiger partial charge on any atom is 0.273 e. The molecule has 1 aliphatic heterocycles. The number of anilines is 1. The van der Waals surface area contributed by atoms with Gasteiger partial charge in [-0.1, -0.05) is 12.1 Å². The second kappa shape index (κ2) is 7.41. The van der Waals surface area contributed by atoms with Crippen LogP contribution in [0, 0.1) is 0 Å². The molecule has 1 aliphatic rings. The molecule has 7 nitrogen and oxygen atoms in total. The second-order valence-corrected chi connectivity index (χ2v) is 6.36. The van der Waals surface area contributed by atoms with E-state index in [0.29, 0.717) is 24.3 Å². The van der Waals surface area contributed by atoms with Gasteiger partial charge in [-0.15, -0.1) is 0 Å². The van der Waals surface area contributed by atoms with Gasteiger partial charge >= 0.3 is 0 Å². The van der Waals surface area contributed by atoms with E-state index in [1.807, 2.05) is 36.5 Å². The van der Waals surface area contributed by atoms with Crippen LogP contribution in [0.5, 0.6) is 0 Å². The fraction of sp³-hybridized carbons (Fsp3) is 0.200. The molecular formula is C20H19N5O2. The first kappa shape index (κ1) is 17.0. The molecule has 1 aromatic carbocycles. The van der Waals surface area contributed by atoms with E-state index >= 15 is 0 Å². The van der Waals surface area contributed by atoms with Crippen LogP contribution in [-0.4, -0.2) is 44.1 Å². The fourth-order valence-corrected chi connectivity index (χ4v) is 3.29. The Kier molecular flexibility index (Phi) is 4.65. The molecule has 136 valence electrons. The van der Waals surface area contributed by atoms with Crippen molar-refractivity contribution in [2.24, 2.45) is 0 Å². The van der Waals surface area contributed by atoms with E-state index in [9.17, 15) is 9.59 Å². The second-order valence-electron chi connectivity index (χ2n) is 6.36. The SMILES string of the molecule is O=C(Nc1cccc(-n2cccn2)c1)C1CCCN1C(=O)c1ccccn1. The van der Waals surface area contributed by atoms with Crippen molar-refractivity contribution in [2.75, 3.05) is 11.9 Å². The zero-order chi connectivity index (χ0) is 18.6. The largest absolute Gasteiger partial charge is 0.325 e. The lowest BCUT2D eigenvalue weighted by molar-refractivity contribution is -0.119. The van der Waals surface area contributed by atoms with Crippen molar-refractivity contribution in [3.63, 3.8) is 0 Å². The number of amides is 2. The summed E-state index contributed by atoms with van der Waals surface area (Å²) in [7, 11) is 0. The summed E-state index contributed by atoms with van der Waals surface area (Å²) < 4.78 is 1.72.